The van der Waals surface area contributed by atoms with Crippen molar-refractivity contribution in [2.45, 2.75) is 71.7 Å². The third-order valence-corrected chi connectivity index (χ3v) is 6.94. The van der Waals surface area contributed by atoms with Gasteiger partial charge < -0.3 is 9.84 Å². The van der Waals surface area contributed by atoms with Crippen molar-refractivity contribution in [3.05, 3.63) is 47.8 Å². The van der Waals surface area contributed by atoms with Gasteiger partial charge in [0.2, 0.25) is 5.88 Å². The molecule has 0 saturated carbocycles. The number of hydrogen-bond acceptors (Lipinski definition) is 5. The first kappa shape index (κ1) is 28.5. The molecular weight excluding hydrogens is 464 g/mol. The Morgan fingerprint density at radius 1 is 1.14 bits per heavy atom. The van der Waals surface area contributed by atoms with Crippen LogP contribution in [0.3, 0.4) is 0 Å². The van der Waals surface area contributed by atoms with Gasteiger partial charge in [-0.1, -0.05) is 39.8 Å². The number of nitrogens with zero attached hydrogens (tertiary/aromatic N) is 4. The quantitative estimate of drug-likeness (QED) is 0.478. The molecule has 3 heterocycles. The predicted molar refractivity (Wildman–Crippen MR) is 140 cm³/mol. The van der Waals surface area contributed by atoms with Crippen LogP contribution in [-0.2, 0) is 22.2 Å². The third kappa shape index (κ3) is 7.11. The van der Waals surface area contributed by atoms with Crippen LogP contribution in [0.15, 0.2) is 41.4 Å². The Labute approximate surface area is 210 Å². The molecule has 1 unspecified atom stereocenters. The first-order chi connectivity index (χ1) is 17.0. The van der Waals surface area contributed by atoms with Crippen LogP contribution in [0.4, 0.5) is 0 Å². The van der Waals surface area contributed by atoms with Gasteiger partial charge in [0.25, 0.3) is 0 Å². The number of piperidine rings is 1. The Morgan fingerprint density at radius 2 is 1.83 bits per heavy atom. The van der Waals surface area contributed by atoms with Gasteiger partial charge in [0.15, 0.2) is 0 Å². The van der Waals surface area contributed by atoms with Crippen molar-refractivity contribution < 1.29 is 18.8 Å². The van der Waals surface area contributed by atoms with Crippen molar-refractivity contribution in [1.82, 2.24) is 19.1 Å². The largest absolute Gasteiger partial charge is 0.481 e. The summed E-state index contributed by atoms with van der Waals surface area (Å²) in [4.78, 5) is 16.1. The molecule has 1 saturated heterocycles. The van der Waals surface area contributed by atoms with Crippen molar-refractivity contribution in [1.29, 1.82) is 0 Å². The number of rotatable bonds is 7. The van der Waals surface area contributed by atoms with E-state index in [4.69, 9.17) is 4.74 Å². The molecule has 1 atom stereocenters. The molecule has 1 fully saturated rings. The summed E-state index contributed by atoms with van der Waals surface area (Å²) in [5.74, 6) is -0.360. The maximum atomic E-state index is 13.0. The van der Waals surface area contributed by atoms with Crippen LogP contribution >= 0.6 is 0 Å². The van der Waals surface area contributed by atoms with E-state index >= 15 is 0 Å². The molecule has 192 valence electrons. The Balaban J connectivity index is 0.00000103. The second-order valence-electron chi connectivity index (χ2n) is 7.66. The van der Waals surface area contributed by atoms with Gasteiger partial charge in [-0.15, -0.1) is 0 Å². The van der Waals surface area contributed by atoms with Crippen molar-refractivity contribution in [3.8, 4) is 5.88 Å². The minimum Gasteiger partial charge on any atom is -0.481 e. The van der Waals surface area contributed by atoms with Gasteiger partial charge in [0.05, 0.1) is 35.2 Å². The molecule has 0 amide bonds. The molecule has 2 aromatic heterocycles. The Morgan fingerprint density at radius 3 is 2.40 bits per heavy atom. The maximum absolute atomic E-state index is 13.0. The number of pyridine rings is 1. The van der Waals surface area contributed by atoms with Crippen molar-refractivity contribution in [2.24, 2.45) is 0 Å². The lowest BCUT2D eigenvalue weighted by Gasteiger charge is -2.31. The summed E-state index contributed by atoms with van der Waals surface area (Å²) in [7, 11) is -1.28. The molecule has 1 aliphatic rings. The van der Waals surface area contributed by atoms with Crippen molar-refractivity contribution >= 4 is 27.9 Å². The summed E-state index contributed by atoms with van der Waals surface area (Å²) in [6.07, 6.45) is 3.08. The topological polar surface area (TPSA) is 97.6 Å². The number of carbonyl (C=O) groups is 1. The van der Waals surface area contributed by atoms with Crippen LogP contribution in [0.1, 0.15) is 64.8 Å². The highest BCUT2D eigenvalue weighted by molar-refractivity contribution is 7.82. The molecule has 0 aliphatic carbocycles. The molecule has 3 aromatic rings. The second-order valence-corrected chi connectivity index (χ2v) is 9.14. The fourth-order valence-corrected chi connectivity index (χ4v) is 5.14. The zero-order valence-electron chi connectivity index (χ0n) is 21.7. The molecule has 9 heteroatoms. The van der Waals surface area contributed by atoms with Gasteiger partial charge in [0, 0.05) is 30.7 Å². The number of aryl methyl sites for hydroxylation is 1. The second kappa shape index (κ2) is 13.9. The third-order valence-electron chi connectivity index (χ3n) is 5.46. The number of carboxylic acid groups (broad SMARTS) is 1. The van der Waals surface area contributed by atoms with Crippen LogP contribution in [0.2, 0.25) is 0 Å². The number of aromatic nitrogens is 3. The lowest BCUT2D eigenvalue weighted by molar-refractivity contribution is -0.136. The summed E-state index contributed by atoms with van der Waals surface area (Å²) in [5, 5.41) is 14.8. The van der Waals surface area contributed by atoms with Gasteiger partial charge in [0.1, 0.15) is 11.0 Å². The first-order valence-corrected chi connectivity index (χ1v) is 13.5. The van der Waals surface area contributed by atoms with Gasteiger partial charge in [-0.05, 0) is 44.4 Å². The van der Waals surface area contributed by atoms with Crippen molar-refractivity contribution in [3.63, 3.8) is 0 Å². The average molecular weight is 503 g/mol. The van der Waals surface area contributed by atoms with E-state index in [0.717, 1.165) is 29.3 Å². The Kier molecular flexibility index (Phi) is 11.3. The molecule has 1 aliphatic heterocycles. The van der Waals surface area contributed by atoms with E-state index in [9.17, 15) is 14.1 Å². The number of ether oxygens (including phenoxy) is 1. The number of hydrogen-bond donors (Lipinski definition) is 1. The normalized spacial score (nSPS) is 14.9. The molecule has 1 aromatic carbocycles. The number of benzene rings is 1. The smallest absolute Gasteiger partial charge is 0.309 e. The predicted octanol–water partition coefficient (Wildman–Crippen LogP) is 5.18. The van der Waals surface area contributed by atoms with Crippen molar-refractivity contribution in [2.75, 3.05) is 19.7 Å². The van der Waals surface area contributed by atoms with Crippen LogP contribution in [-0.4, -0.2) is 54.1 Å². The highest BCUT2D eigenvalue weighted by Crippen LogP contribution is 2.30. The molecule has 35 heavy (non-hydrogen) atoms. The molecule has 8 nitrogen and oxygen atoms in total. The fraction of sp³-hybridized carbons (Fsp3) is 0.500. The maximum Gasteiger partial charge on any atom is 0.309 e. The van der Waals surface area contributed by atoms with E-state index < -0.39 is 17.0 Å². The molecule has 0 radical (unpaired) electrons. The standard InChI is InChI=1S/C22H26N4O4S.2C2H6/c1-3-30-21-7-5-17(14-23-21)31(29)25-10-8-16(9-11-25)26-20-12-15(2)4-6-18(20)19(24-26)13-22(27)28;2*1-2/h4-7,12,14,16H,3,8-11,13H2,1-2H3,(H,27,28);2*1-2H3. The molecule has 1 N–H and O–H groups in total. The summed E-state index contributed by atoms with van der Waals surface area (Å²) >= 11 is 0. The van der Waals surface area contributed by atoms with E-state index in [2.05, 4.69) is 16.1 Å². The van der Waals surface area contributed by atoms with Crippen LogP contribution < -0.4 is 4.74 Å². The molecular formula is C26H38N4O4S. The Bertz CT molecular complexity index is 1110. The summed E-state index contributed by atoms with van der Waals surface area (Å²) in [5.41, 5.74) is 2.66. The van der Waals surface area contributed by atoms with Crippen LogP contribution in [0.5, 0.6) is 5.88 Å². The van der Waals surface area contributed by atoms with E-state index in [1.807, 2.05) is 62.7 Å². The van der Waals surface area contributed by atoms with E-state index in [-0.39, 0.29) is 12.5 Å². The highest BCUT2D eigenvalue weighted by Gasteiger charge is 2.27. The SMILES string of the molecule is CC.CC.CCOc1ccc(S(=O)N2CCC(n3nc(CC(=O)O)c4ccc(C)cc43)CC2)cn1. The van der Waals surface area contributed by atoms with Crippen LogP contribution in [0, 0.1) is 6.92 Å². The van der Waals surface area contributed by atoms with E-state index in [0.29, 0.717) is 36.2 Å². The summed E-state index contributed by atoms with van der Waals surface area (Å²) < 4.78 is 22.2. The lowest BCUT2D eigenvalue weighted by atomic mass is 10.1. The monoisotopic (exact) mass is 502 g/mol. The number of aliphatic carboxylic acids is 1. The van der Waals surface area contributed by atoms with Gasteiger partial charge in [-0.25, -0.2) is 13.5 Å². The minimum absolute atomic E-state index is 0.0971. The molecule has 0 spiro atoms. The van der Waals surface area contributed by atoms with Gasteiger partial charge in [-0.2, -0.15) is 5.10 Å². The first-order valence-electron chi connectivity index (χ1n) is 12.4. The zero-order valence-corrected chi connectivity index (χ0v) is 22.5. The lowest BCUT2D eigenvalue weighted by Crippen LogP contribution is -2.36. The van der Waals surface area contributed by atoms with E-state index in [1.165, 1.54) is 0 Å². The minimum atomic E-state index is -1.28. The summed E-state index contributed by atoms with van der Waals surface area (Å²) in [6.45, 7) is 13.8. The van der Waals surface area contributed by atoms with Gasteiger partial charge >= 0.3 is 5.97 Å². The zero-order chi connectivity index (χ0) is 26.0. The molecule has 0 bridgehead atoms. The number of carboxylic acids is 1. The molecule has 4 rings (SSSR count). The van der Waals surface area contributed by atoms with Crippen LogP contribution in [0.25, 0.3) is 10.9 Å². The Hall–Kier alpha value is -2.78. The highest BCUT2D eigenvalue weighted by atomic mass is 32.2. The fourth-order valence-electron chi connectivity index (χ4n) is 3.97. The number of fused-ring (bicyclic) bond motifs is 1. The van der Waals surface area contributed by atoms with E-state index in [1.54, 1.807) is 18.3 Å². The average Bonchev–Trinajstić information content (AvgIpc) is 3.23. The van der Waals surface area contributed by atoms with Gasteiger partial charge in [-0.3, -0.25) is 9.48 Å². The summed E-state index contributed by atoms with van der Waals surface area (Å²) in [6, 6.07) is 9.67.